The smallest absolute Gasteiger partial charge is 0.412 e. The van der Waals surface area contributed by atoms with Crippen LogP contribution in [0.3, 0.4) is 0 Å². The molecule has 1 aliphatic rings. The lowest BCUT2D eigenvalue weighted by Crippen LogP contribution is -2.33. The van der Waals surface area contributed by atoms with Gasteiger partial charge in [0.1, 0.15) is 11.5 Å². The molecule has 0 radical (unpaired) electrons. The van der Waals surface area contributed by atoms with Crippen LogP contribution in [0.1, 0.15) is 12.8 Å². The second-order valence-electron chi connectivity index (χ2n) is 7.14. The minimum absolute atomic E-state index is 0.110. The van der Waals surface area contributed by atoms with Crippen LogP contribution in [0.15, 0.2) is 85.2 Å². The van der Waals surface area contributed by atoms with E-state index in [1.807, 2.05) is 72.8 Å². The van der Waals surface area contributed by atoms with Crippen LogP contribution in [-0.2, 0) is 4.79 Å². The molecule has 1 fully saturated rings. The zero-order valence-electron chi connectivity index (χ0n) is 17.2. The molecule has 0 atom stereocenters. The van der Waals surface area contributed by atoms with Crippen LogP contribution < -0.4 is 18.9 Å². The van der Waals surface area contributed by atoms with E-state index in [0.29, 0.717) is 23.9 Å². The fourth-order valence-corrected chi connectivity index (χ4v) is 3.38. The van der Waals surface area contributed by atoms with Crippen molar-refractivity contribution in [3.8, 4) is 29.5 Å². The van der Waals surface area contributed by atoms with Gasteiger partial charge in [-0.2, -0.15) is 0 Å². The average Bonchev–Trinajstić information content (AvgIpc) is 3.26. The third-order valence-electron chi connectivity index (χ3n) is 4.92. The Morgan fingerprint density at radius 3 is 1.81 bits per heavy atom. The third-order valence-corrected chi connectivity index (χ3v) is 4.92. The van der Waals surface area contributed by atoms with Crippen molar-refractivity contribution in [2.75, 3.05) is 11.4 Å². The zero-order chi connectivity index (χ0) is 21.8. The van der Waals surface area contributed by atoms with Crippen LogP contribution in [0.25, 0.3) is 5.95 Å². The molecule has 8 nitrogen and oxygen atoms in total. The van der Waals surface area contributed by atoms with E-state index in [0.717, 1.165) is 18.7 Å². The molecule has 0 unspecified atom stereocenters. The summed E-state index contributed by atoms with van der Waals surface area (Å²) >= 11 is 0. The number of ether oxygens (including phenoxy) is 2. The highest BCUT2D eigenvalue weighted by molar-refractivity contribution is 5.95. The Balaban J connectivity index is 1.48. The number of carbonyl (C=O) groups excluding carboxylic acids is 1. The first-order valence-corrected chi connectivity index (χ1v) is 10.3. The van der Waals surface area contributed by atoms with Gasteiger partial charge in [0, 0.05) is 18.7 Å². The molecule has 1 saturated heterocycles. The molecule has 0 spiro atoms. The predicted octanol–water partition coefficient (Wildman–Crippen LogP) is 3.86. The molecule has 1 amide bonds. The highest BCUT2D eigenvalue weighted by Gasteiger charge is 2.24. The summed E-state index contributed by atoms with van der Waals surface area (Å²) in [4.78, 5) is 27.0. The molecule has 0 saturated carbocycles. The van der Waals surface area contributed by atoms with Gasteiger partial charge in [-0.05, 0) is 52.8 Å². The predicted molar refractivity (Wildman–Crippen MR) is 116 cm³/mol. The molecular formula is C24H20N5O3+. The number of hydrogen-bond donors (Lipinski definition) is 0. The molecule has 4 aromatic rings. The van der Waals surface area contributed by atoms with Crippen molar-refractivity contribution in [3.05, 3.63) is 85.2 Å². The van der Waals surface area contributed by atoms with Crippen LogP contribution >= 0.6 is 0 Å². The normalized spacial score (nSPS) is 13.2. The fourth-order valence-electron chi connectivity index (χ4n) is 3.38. The number of benzene rings is 2. The van der Waals surface area contributed by atoms with Crippen molar-refractivity contribution < 1.29 is 18.8 Å². The van der Waals surface area contributed by atoms with E-state index in [2.05, 4.69) is 15.0 Å². The monoisotopic (exact) mass is 426 g/mol. The first-order valence-electron chi connectivity index (χ1n) is 10.3. The number of aromatic nitrogens is 4. The first kappa shape index (κ1) is 19.6. The summed E-state index contributed by atoms with van der Waals surface area (Å²) in [5.74, 6) is 1.67. The lowest BCUT2D eigenvalue weighted by Gasteiger charge is -2.14. The SMILES string of the molecule is O=C1CCCN1c1cc[n+](-c2nc(Oc3ccccc3)nc(Oc3ccccc3)n2)cc1. The van der Waals surface area contributed by atoms with Gasteiger partial charge in [0.25, 0.3) is 0 Å². The number of rotatable bonds is 6. The first-order chi connectivity index (χ1) is 15.7. The molecular weight excluding hydrogens is 406 g/mol. The molecule has 0 bridgehead atoms. The van der Waals surface area contributed by atoms with E-state index in [-0.39, 0.29) is 17.9 Å². The van der Waals surface area contributed by atoms with E-state index in [1.54, 1.807) is 21.9 Å². The van der Waals surface area contributed by atoms with Crippen molar-refractivity contribution in [2.45, 2.75) is 12.8 Å². The summed E-state index contributed by atoms with van der Waals surface area (Å²) in [7, 11) is 0. The van der Waals surface area contributed by atoms with Crippen LogP contribution in [0.5, 0.6) is 23.5 Å². The van der Waals surface area contributed by atoms with Gasteiger partial charge in [0.15, 0.2) is 0 Å². The summed E-state index contributed by atoms with van der Waals surface area (Å²) in [6, 6.07) is 22.5. The molecule has 0 aliphatic carbocycles. The van der Waals surface area contributed by atoms with E-state index in [1.165, 1.54) is 0 Å². The van der Waals surface area contributed by atoms with Crippen LogP contribution in [0.2, 0.25) is 0 Å². The molecule has 2 aromatic carbocycles. The van der Waals surface area contributed by atoms with Crippen LogP contribution in [0, 0.1) is 0 Å². The Morgan fingerprint density at radius 2 is 1.31 bits per heavy atom. The number of nitrogens with zero attached hydrogens (tertiary/aromatic N) is 5. The van der Waals surface area contributed by atoms with Crippen molar-refractivity contribution in [2.24, 2.45) is 0 Å². The number of anilines is 1. The Bertz CT molecular complexity index is 1160. The molecule has 5 rings (SSSR count). The molecule has 3 heterocycles. The van der Waals surface area contributed by atoms with E-state index < -0.39 is 0 Å². The summed E-state index contributed by atoms with van der Waals surface area (Å²) in [6.07, 6.45) is 5.06. The minimum atomic E-state index is 0.110. The number of para-hydroxylation sites is 2. The maximum atomic E-state index is 12.0. The molecule has 1 aliphatic heterocycles. The van der Waals surface area contributed by atoms with Gasteiger partial charge < -0.3 is 14.4 Å². The molecule has 8 heteroatoms. The molecule has 2 aromatic heterocycles. The zero-order valence-corrected chi connectivity index (χ0v) is 17.2. The summed E-state index contributed by atoms with van der Waals surface area (Å²) in [5.41, 5.74) is 0.847. The van der Waals surface area contributed by atoms with Crippen LogP contribution in [-0.4, -0.2) is 27.4 Å². The van der Waals surface area contributed by atoms with Crippen molar-refractivity contribution in [1.82, 2.24) is 15.0 Å². The quantitative estimate of drug-likeness (QED) is 0.436. The van der Waals surface area contributed by atoms with Gasteiger partial charge in [-0.25, -0.2) is 4.57 Å². The second kappa shape index (κ2) is 8.81. The van der Waals surface area contributed by atoms with Crippen LogP contribution in [0.4, 0.5) is 5.69 Å². The van der Waals surface area contributed by atoms with Gasteiger partial charge in [-0.15, -0.1) is 4.98 Å². The van der Waals surface area contributed by atoms with Crippen molar-refractivity contribution in [1.29, 1.82) is 0 Å². The number of carbonyl (C=O) groups is 1. The topological polar surface area (TPSA) is 81.3 Å². The Labute approximate surface area is 184 Å². The van der Waals surface area contributed by atoms with Crippen molar-refractivity contribution >= 4 is 11.6 Å². The number of hydrogen-bond acceptors (Lipinski definition) is 6. The highest BCUT2D eigenvalue weighted by Crippen LogP contribution is 2.23. The Morgan fingerprint density at radius 1 is 0.750 bits per heavy atom. The van der Waals surface area contributed by atoms with Gasteiger partial charge in [-0.1, -0.05) is 36.4 Å². The maximum Gasteiger partial charge on any atom is 0.447 e. The van der Waals surface area contributed by atoms with Gasteiger partial charge in [-0.3, -0.25) is 4.79 Å². The van der Waals surface area contributed by atoms with E-state index in [9.17, 15) is 4.79 Å². The Hall–Kier alpha value is -4.33. The molecule has 158 valence electrons. The number of amides is 1. The summed E-state index contributed by atoms with van der Waals surface area (Å²) in [6.45, 7) is 0.735. The molecule has 0 N–H and O–H groups in total. The fraction of sp³-hybridized carbons (Fsp3) is 0.125. The van der Waals surface area contributed by atoms with Gasteiger partial charge >= 0.3 is 18.0 Å². The third kappa shape index (κ3) is 4.39. The summed E-state index contributed by atoms with van der Waals surface area (Å²) < 4.78 is 13.4. The van der Waals surface area contributed by atoms with E-state index >= 15 is 0 Å². The second-order valence-corrected chi connectivity index (χ2v) is 7.14. The number of pyridine rings is 1. The van der Waals surface area contributed by atoms with E-state index in [4.69, 9.17) is 9.47 Å². The standard InChI is InChI=1S/C24H20N5O3/c30-21-12-7-15-29(21)18-13-16-28(17-14-18)22-25-23(31-19-8-3-1-4-9-19)27-24(26-22)32-20-10-5-2-6-11-20/h1-6,8-11,13-14,16-17H,7,12,15H2/q+1. The Kier molecular flexibility index (Phi) is 5.40. The maximum absolute atomic E-state index is 12.0. The highest BCUT2D eigenvalue weighted by atomic mass is 16.5. The average molecular weight is 426 g/mol. The summed E-state index contributed by atoms with van der Waals surface area (Å²) in [5, 5.41) is 0. The molecule has 32 heavy (non-hydrogen) atoms. The van der Waals surface area contributed by atoms with Gasteiger partial charge in [0.05, 0.1) is 12.4 Å². The van der Waals surface area contributed by atoms with Crippen molar-refractivity contribution in [3.63, 3.8) is 0 Å². The lowest BCUT2D eigenvalue weighted by molar-refractivity contribution is -0.603. The minimum Gasteiger partial charge on any atom is -0.412 e. The largest absolute Gasteiger partial charge is 0.447 e. The van der Waals surface area contributed by atoms with Gasteiger partial charge in [0.2, 0.25) is 5.91 Å². The lowest BCUT2D eigenvalue weighted by atomic mass is 10.3.